The van der Waals surface area contributed by atoms with Gasteiger partial charge in [-0.1, -0.05) is 24.3 Å². The maximum atomic E-state index is 12.6. The average molecular weight is 442 g/mol. The number of carbonyl (C=O) groups excluding carboxylic acids is 2. The predicted octanol–water partition coefficient (Wildman–Crippen LogP) is 4.28. The van der Waals surface area contributed by atoms with Crippen LogP contribution in [0.4, 0.5) is 0 Å². The number of ether oxygens (including phenoxy) is 1. The lowest BCUT2D eigenvalue weighted by atomic mass is 10.1. The summed E-state index contributed by atoms with van der Waals surface area (Å²) in [7, 11) is 0. The molecule has 156 valence electrons. The van der Waals surface area contributed by atoms with Crippen molar-refractivity contribution in [2.75, 3.05) is 0 Å². The van der Waals surface area contributed by atoms with Crippen molar-refractivity contribution in [3.63, 3.8) is 0 Å². The molecular formula is C22H23N3O3S2. The van der Waals surface area contributed by atoms with Crippen molar-refractivity contribution in [3.05, 3.63) is 75.7 Å². The number of hydrazine groups is 1. The number of carbonyl (C=O) groups is 2. The molecular weight excluding hydrogens is 418 g/mol. The standard InChI is InChI=1S/C22H23N3O3S2/c1-14-7-6-9-19(15(14)2)28-16(3)21(26)24-25-22(27)18-8-4-5-10-20(18)30-12-17-11-29-13-23-17/h4-11,13,16H,12H2,1-3H3,(H,24,26)(H,25,27). The first-order chi connectivity index (χ1) is 14.5. The van der Waals surface area contributed by atoms with Gasteiger partial charge in [-0.25, -0.2) is 4.98 Å². The molecule has 0 fully saturated rings. The monoisotopic (exact) mass is 441 g/mol. The number of aromatic nitrogens is 1. The molecule has 3 aromatic rings. The van der Waals surface area contributed by atoms with E-state index >= 15 is 0 Å². The molecule has 0 saturated heterocycles. The first kappa shape index (κ1) is 21.9. The lowest BCUT2D eigenvalue weighted by Crippen LogP contribution is -2.47. The second kappa shape index (κ2) is 10.3. The van der Waals surface area contributed by atoms with Crippen molar-refractivity contribution in [1.82, 2.24) is 15.8 Å². The third-order valence-electron chi connectivity index (χ3n) is 4.52. The van der Waals surface area contributed by atoms with Crippen LogP contribution in [0, 0.1) is 13.8 Å². The second-order valence-corrected chi connectivity index (χ2v) is 8.40. The molecule has 0 spiro atoms. The van der Waals surface area contributed by atoms with Crippen LogP contribution >= 0.6 is 23.1 Å². The van der Waals surface area contributed by atoms with E-state index in [1.807, 2.05) is 49.6 Å². The molecule has 0 bridgehead atoms. The number of hydrogen-bond acceptors (Lipinski definition) is 6. The zero-order valence-electron chi connectivity index (χ0n) is 17.0. The van der Waals surface area contributed by atoms with Crippen LogP contribution < -0.4 is 15.6 Å². The molecule has 0 aliphatic rings. The summed E-state index contributed by atoms with van der Waals surface area (Å²) in [4.78, 5) is 30.1. The number of thiazole rings is 1. The van der Waals surface area contributed by atoms with E-state index in [-0.39, 0.29) is 5.91 Å². The van der Waals surface area contributed by atoms with Crippen molar-refractivity contribution < 1.29 is 14.3 Å². The Balaban J connectivity index is 1.57. The predicted molar refractivity (Wildman–Crippen MR) is 120 cm³/mol. The van der Waals surface area contributed by atoms with Crippen LogP contribution in [0.25, 0.3) is 0 Å². The van der Waals surface area contributed by atoms with E-state index < -0.39 is 12.0 Å². The second-order valence-electron chi connectivity index (χ2n) is 6.67. The van der Waals surface area contributed by atoms with E-state index in [9.17, 15) is 9.59 Å². The number of nitrogens with one attached hydrogen (secondary N) is 2. The zero-order valence-corrected chi connectivity index (χ0v) is 18.6. The summed E-state index contributed by atoms with van der Waals surface area (Å²) >= 11 is 3.06. The fourth-order valence-corrected chi connectivity index (χ4v) is 4.24. The normalized spacial score (nSPS) is 11.6. The first-order valence-electron chi connectivity index (χ1n) is 9.37. The Morgan fingerprint density at radius 1 is 1.13 bits per heavy atom. The largest absolute Gasteiger partial charge is 0.481 e. The lowest BCUT2D eigenvalue weighted by Gasteiger charge is -2.17. The summed E-state index contributed by atoms with van der Waals surface area (Å²) in [6.07, 6.45) is -0.764. The maximum absolute atomic E-state index is 12.6. The molecule has 1 atom stereocenters. The van der Waals surface area contributed by atoms with Crippen LogP contribution in [0.5, 0.6) is 5.75 Å². The van der Waals surface area contributed by atoms with E-state index in [0.29, 0.717) is 17.1 Å². The summed E-state index contributed by atoms with van der Waals surface area (Å²) in [5.74, 6) is 0.495. The highest BCUT2D eigenvalue weighted by molar-refractivity contribution is 7.98. The van der Waals surface area contributed by atoms with Gasteiger partial charge >= 0.3 is 0 Å². The number of benzene rings is 2. The van der Waals surface area contributed by atoms with Gasteiger partial charge in [-0.3, -0.25) is 20.4 Å². The van der Waals surface area contributed by atoms with Crippen molar-refractivity contribution in [2.45, 2.75) is 37.5 Å². The summed E-state index contributed by atoms with van der Waals surface area (Å²) in [6.45, 7) is 5.56. The highest BCUT2D eigenvalue weighted by Gasteiger charge is 2.18. The fraction of sp³-hybridized carbons (Fsp3) is 0.227. The molecule has 1 aromatic heterocycles. The molecule has 30 heavy (non-hydrogen) atoms. The van der Waals surface area contributed by atoms with Gasteiger partial charge in [0.1, 0.15) is 5.75 Å². The zero-order chi connectivity index (χ0) is 21.5. The summed E-state index contributed by atoms with van der Waals surface area (Å²) in [5, 5.41) is 1.98. The minimum Gasteiger partial charge on any atom is -0.481 e. The number of hydrogen-bond donors (Lipinski definition) is 2. The topological polar surface area (TPSA) is 80.3 Å². The molecule has 0 aliphatic heterocycles. The Kier molecular flexibility index (Phi) is 7.48. The maximum Gasteiger partial charge on any atom is 0.279 e. The third-order valence-corrected chi connectivity index (χ3v) is 6.26. The molecule has 2 N–H and O–H groups in total. The van der Waals surface area contributed by atoms with E-state index in [0.717, 1.165) is 21.7 Å². The van der Waals surface area contributed by atoms with E-state index in [2.05, 4.69) is 15.8 Å². The minimum absolute atomic E-state index is 0.385. The van der Waals surface area contributed by atoms with Gasteiger partial charge < -0.3 is 4.74 Å². The number of aryl methyl sites for hydroxylation is 1. The fourth-order valence-electron chi connectivity index (χ4n) is 2.62. The lowest BCUT2D eigenvalue weighted by molar-refractivity contribution is -0.128. The van der Waals surface area contributed by atoms with Crippen molar-refractivity contribution >= 4 is 34.9 Å². The highest BCUT2D eigenvalue weighted by Crippen LogP contribution is 2.26. The molecule has 3 rings (SSSR count). The molecule has 0 radical (unpaired) electrons. The van der Waals surface area contributed by atoms with Gasteiger partial charge in [0.2, 0.25) is 0 Å². The quantitative estimate of drug-likeness (QED) is 0.423. The molecule has 6 nitrogen and oxygen atoms in total. The Labute approximate surface area is 184 Å². The van der Waals surface area contributed by atoms with Gasteiger partial charge in [-0.05, 0) is 50.1 Å². The molecule has 8 heteroatoms. The molecule has 0 aliphatic carbocycles. The van der Waals surface area contributed by atoms with Gasteiger partial charge in [-0.2, -0.15) is 0 Å². The summed E-state index contributed by atoms with van der Waals surface area (Å²) in [5.41, 5.74) is 10.2. The summed E-state index contributed by atoms with van der Waals surface area (Å²) < 4.78 is 5.76. The Bertz CT molecular complexity index is 1020. The van der Waals surface area contributed by atoms with Crippen molar-refractivity contribution in [2.24, 2.45) is 0 Å². The molecule has 0 saturated carbocycles. The molecule has 2 amide bonds. The van der Waals surface area contributed by atoms with Crippen LogP contribution in [0.3, 0.4) is 0 Å². The SMILES string of the molecule is Cc1cccc(OC(C)C(=O)NNC(=O)c2ccccc2SCc2cscn2)c1C. The first-order valence-corrected chi connectivity index (χ1v) is 11.3. The smallest absolute Gasteiger partial charge is 0.279 e. The van der Waals surface area contributed by atoms with Crippen LogP contribution in [0.1, 0.15) is 34.1 Å². The van der Waals surface area contributed by atoms with E-state index in [4.69, 9.17) is 4.74 Å². The third kappa shape index (κ3) is 5.61. The Hall–Kier alpha value is -2.84. The molecule has 2 aromatic carbocycles. The van der Waals surface area contributed by atoms with Crippen molar-refractivity contribution in [3.8, 4) is 5.75 Å². The average Bonchev–Trinajstić information content (AvgIpc) is 3.27. The van der Waals surface area contributed by atoms with E-state index in [1.165, 1.54) is 23.1 Å². The number of thioether (sulfide) groups is 1. The van der Waals surface area contributed by atoms with Gasteiger partial charge in [0, 0.05) is 16.0 Å². The highest BCUT2D eigenvalue weighted by atomic mass is 32.2. The summed E-state index contributed by atoms with van der Waals surface area (Å²) in [6, 6.07) is 12.9. The van der Waals surface area contributed by atoms with E-state index in [1.54, 1.807) is 24.6 Å². The minimum atomic E-state index is -0.764. The van der Waals surface area contributed by atoms with Crippen LogP contribution in [-0.4, -0.2) is 22.9 Å². The molecule has 1 unspecified atom stereocenters. The van der Waals surface area contributed by atoms with Crippen LogP contribution in [-0.2, 0) is 10.5 Å². The van der Waals surface area contributed by atoms with Gasteiger partial charge in [0.15, 0.2) is 6.10 Å². The van der Waals surface area contributed by atoms with Crippen LogP contribution in [0.15, 0.2) is 58.3 Å². The molecule has 1 heterocycles. The Morgan fingerprint density at radius 2 is 1.93 bits per heavy atom. The Morgan fingerprint density at radius 3 is 2.70 bits per heavy atom. The van der Waals surface area contributed by atoms with Gasteiger partial charge in [0.05, 0.1) is 16.8 Å². The van der Waals surface area contributed by atoms with Gasteiger partial charge in [0.25, 0.3) is 11.8 Å². The number of amides is 2. The number of rotatable bonds is 7. The number of nitrogens with zero attached hydrogens (tertiary/aromatic N) is 1. The van der Waals surface area contributed by atoms with Crippen molar-refractivity contribution in [1.29, 1.82) is 0 Å². The van der Waals surface area contributed by atoms with Gasteiger partial charge in [-0.15, -0.1) is 23.1 Å². The van der Waals surface area contributed by atoms with Crippen LogP contribution in [0.2, 0.25) is 0 Å².